The Kier molecular flexibility index (Phi) is 8.54. The van der Waals surface area contributed by atoms with E-state index >= 15 is 0 Å². The van der Waals surface area contributed by atoms with Gasteiger partial charge in [0.2, 0.25) is 0 Å². The van der Waals surface area contributed by atoms with E-state index in [1.807, 2.05) is 45.0 Å². The molecule has 9 heteroatoms. The highest BCUT2D eigenvalue weighted by molar-refractivity contribution is 7.98. The van der Waals surface area contributed by atoms with Gasteiger partial charge in [-0.3, -0.25) is 0 Å². The van der Waals surface area contributed by atoms with E-state index in [0.29, 0.717) is 4.90 Å². The summed E-state index contributed by atoms with van der Waals surface area (Å²) in [4.78, 5) is 16.3. The van der Waals surface area contributed by atoms with Gasteiger partial charge in [-0.1, -0.05) is 46.8 Å². The van der Waals surface area contributed by atoms with Gasteiger partial charge in [-0.05, 0) is 46.6 Å². The number of carbonyl (C=O) groups excluding carboxylic acids is 1. The largest absolute Gasteiger partial charge is 0.465 e. The molecule has 0 aliphatic carbocycles. The molecule has 0 aliphatic heterocycles. The number of carbonyl (C=O) groups is 1. The number of benzene rings is 1. The summed E-state index contributed by atoms with van der Waals surface area (Å²) in [7, 11) is 1.000. The zero-order valence-electron chi connectivity index (χ0n) is 19.4. The summed E-state index contributed by atoms with van der Waals surface area (Å²) in [5, 5.41) is 0. The first-order chi connectivity index (χ1) is 15.2. The van der Waals surface area contributed by atoms with Crippen LogP contribution in [0.5, 0.6) is 0 Å². The van der Waals surface area contributed by atoms with Crippen molar-refractivity contribution in [2.75, 3.05) is 7.11 Å². The van der Waals surface area contributed by atoms with E-state index in [1.165, 1.54) is 0 Å². The maximum Gasteiger partial charge on any atom is 0.433 e. The SMILES string of the molecule is COC(=O)c1c(C(F)F)nc(C(F)(F)F)c(CSc2ccc(C(C)(C)C)cc2)c1CC(C)C. The standard InChI is InChI=1S/C24H28F5NO2S/c1-13(2)11-16-17(12-33-15-9-7-14(8-10-15)23(3,4)5)20(24(27,28)29)30-19(21(25)26)18(16)22(31)32-6/h7-10,13,21H,11-12H2,1-6H3. The van der Waals surface area contributed by atoms with Gasteiger partial charge in [0.05, 0.1) is 12.7 Å². The zero-order chi connectivity index (χ0) is 25.1. The Morgan fingerprint density at radius 1 is 1.06 bits per heavy atom. The van der Waals surface area contributed by atoms with Crippen LogP contribution < -0.4 is 0 Å². The molecule has 2 rings (SSSR count). The van der Waals surface area contributed by atoms with E-state index in [9.17, 15) is 26.7 Å². The van der Waals surface area contributed by atoms with Gasteiger partial charge in [-0.25, -0.2) is 18.6 Å². The quantitative estimate of drug-likeness (QED) is 0.228. The maximum atomic E-state index is 13.9. The predicted octanol–water partition coefficient (Wildman–Crippen LogP) is 7.61. The summed E-state index contributed by atoms with van der Waals surface area (Å²) in [6, 6.07) is 7.42. The first kappa shape index (κ1) is 27.1. The number of ether oxygens (including phenoxy) is 1. The third-order valence-corrected chi connectivity index (χ3v) is 6.06. The lowest BCUT2D eigenvalue weighted by molar-refractivity contribution is -0.142. The summed E-state index contributed by atoms with van der Waals surface area (Å²) < 4.78 is 73.7. The Labute approximate surface area is 195 Å². The van der Waals surface area contributed by atoms with Crippen molar-refractivity contribution in [2.24, 2.45) is 5.92 Å². The van der Waals surface area contributed by atoms with Crippen LogP contribution in [-0.2, 0) is 28.5 Å². The van der Waals surface area contributed by atoms with E-state index in [4.69, 9.17) is 0 Å². The average molecular weight is 490 g/mol. The molecule has 0 radical (unpaired) electrons. The minimum absolute atomic E-state index is 0.00535. The molecular formula is C24H28F5NO2S. The number of alkyl halides is 5. The molecule has 182 valence electrons. The van der Waals surface area contributed by atoms with Crippen molar-refractivity contribution in [1.29, 1.82) is 0 Å². The second-order valence-electron chi connectivity index (χ2n) is 9.13. The summed E-state index contributed by atoms with van der Waals surface area (Å²) >= 11 is 1.13. The smallest absolute Gasteiger partial charge is 0.433 e. The van der Waals surface area contributed by atoms with E-state index in [2.05, 4.69) is 9.72 Å². The monoisotopic (exact) mass is 489 g/mol. The molecular weight excluding hydrogens is 461 g/mol. The number of methoxy groups -OCH3 is 1. The highest BCUT2D eigenvalue weighted by Crippen LogP contribution is 2.40. The normalized spacial score (nSPS) is 12.5. The Morgan fingerprint density at radius 2 is 1.64 bits per heavy atom. The minimum atomic E-state index is -4.96. The second-order valence-corrected chi connectivity index (χ2v) is 10.2. The van der Waals surface area contributed by atoms with Gasteiger partial charge >= 0.3 is 12.1 Å². The first-order valence-corrected chi connectivity index (χ1v) is 11.4. The van der Waals surface area contributed by atoms with E-state index in [1.54, 1.807) is 13.8 Å². The van der Waals surface area contributed by atoms with Crippen molar-refractivity contribution in [1.82, 2.24) is 4.98 Å². The van der Waals surface area contributed by atoms with Crippen LogP contribution in [0.4, 0.5) is 22.0 Å². The van der Waals surface area contributed by atoms with E-state index < -0.39 is 35.5 Å². The number of pyridine rings is 1. The summed E-state index contributed by atoms with van der Waals surface area (Å²) in [5.74, 6) is -1.51. The Balaban J connectivity index is 2.65. The number of esters is 1. The molecule has 0 fully saturated rings. The van der Waals surface area contributed by atoms with Crippen LogP contribution in [0.25, 0.3) is 0 Å². The molecule has 1 aromatic heterocycles. The van der Waals surface area contributed by atoms with Crippen molar-refractivity contribution >= 4 is 17.7 Å². The van der Waals surface area contributed by atoms with Gasteiger partial charge in [0, 0.05) is 10.6 Å². The molecule has 0 unspecified atom stereocenters. The van der Waals surface area contributed by atoms with E-state index in [0.717, 1.165) is 24.4 Å². The zero-order valence-corrected chi connectivity index (χ0v) is 20.3. The van der Waals surface area contributed by atoms with Gasteiger partial charge in [0.15, 0.2) is 0 Å². The Bertz CT molecular complexity index is 980. The van der Waals surface area contributed by atoms with Gasteiger partial charge in [0.1, 0.15) is 11.4 Å². The highest BCUT2D eigenvalue weighted by atomic mass is 32.2. The van der Waals surface area contributed by atoms with Gasteiger partial charge in [-0.2, -0.15) is 13.2 Å². The summed E-state index contributed by atoms with van der Waals surface area (Å²) in [6.45, 7) is 9.62. The molecule has 0 N–H and O–H groups in total. The van der Waals surface area contributed by atoms with Gasteiger partial charge in [0.25, 0.3) is 6.43 Å². The molecule has 0 saturated heterocycles. The van der Waals surface area contributed by atoms with Crippen molar-refractivity contribution in [3.8, 4) is 0 Å². The van der Waals surface area contributed by atoms with Crippen molar-refractivity contribution < 1.29 is 31.5 Å². The van der Waals surface area contributed by atoms with E-state index in [-0.39, 0.29) is 34.6 Å². The predicted molar refractivity (Wildman–Crippen MR) is 119 cm³/mol. The lowest BCUT2D eigenvalue weighted by Crippen LogP contribution is -2.22. The highest BCUT2D eigenvalue weighted by Gasteiger charge is 2.40. The molecule has 1 aromatic carbocycles. The number of halogens is 5. The molecule has 33 heavy (non-hydrogen) atoms. The second kappa shape index (κ2) is 10.4. The molecule has 0 saturated carbocycles. The number of hydrogen-bond acceptors (Lipinski definition) is 4. The van der Waals surface area contributed by atoms with Gasteiger partial charge in [-0.15, -0.1) is 11.8 Å². The summed E-state index contributed by atoms with van der Waals surface area (Å²) in [6.07, 6.45) is -8.33. The molecule has 0 atom stereocenters. The third kappa shape index (κ3) is 6.68. The number of aromatic nitrogens is 1. The fourth-order valence-corrected chi connectivity index (χ4v) is 4.36. The van der Waals surface area contributed by atoms with Crippen molar-refractivity contribution in [2.45, 2.75) is 69.7 Å². The van der Waals surface area contributed by atoms with Crippen LogP contribution >= 0.6 is 11.8 Å². The molecule has 2 aromatic rings. The minimum Gasteiger partial charge on any atom is -0.465 e. The number of nitrogens with zero attached hydrogens (tertiary/aromatic N) is 1. The maximum absolute atomic E-state index is 13.9. The lowest BCUT2D eigenvalue weighted by Gasteiger charge is -2.22. The topological polar surface area (TPSA) is 39.2 Å². The van der Waals surface area contributed by atoms with Crippen LogP contribution in [0.1, 0.15) is 79.5 Å². The van der Waals surface area contributed by atoms with Crippen LogP contribution in [-0.4, -0.2) is 18.1 Å². The Hall–Kier alpha value is -2.16. The van der Waals surface area contributed by atoms with Crippen molar-refractivity contribution in [3.05, 3.63) is 57.9 Å². The number of thioether (sulfide) groups is 1. The number of hydrogen-bond donors (Lipinski definition) is 0. The molecule has 1 heterocycles. The van der Waals surface area contributed by atoms with Crippen LogP contribution in [0.15, 0.2) is 29.2 Å². The molecule has 0 bridgehead atoms. The first-order valence-electron chi connectivity index (χ1n) is 10.4. The molecule has 0 spiro atoms. The average Bonchev–Trinajstić information content (AvgIpc) is 2.69. The van der Waals surface area contributed by atoms with Gasteiger partial charge < -0.3 is 4.74 Å². The Morgan fingerprint density at radius 3 is 2.06 bits per heavy atom. The fraction of sp³-hybridized carbons (Fsp3) is 0.500. The molecule has 0 amide bonds. The fourth-order valence-electron chi connectivity index (χ4n) is 3.41. The van der Waals surface area contributed by atoms with Crippen molar-refractivity contribution in [3.63, 3.8) is 0 Å². The summed E-state index contributed by atoms with van der Waals surface area (Å²) in [5.41, 5.74) is -2.54. The van der Waals surface area contributed by atoms with Crippen LogP contribution in [0.2, 0.25) is 0 Å². The van der Waals surface area contributed by atoms with Crippen LogP contribution in [0.3, 0.4) is 0 Å². The number of rotatable bonds is 7. The third-order valence-electron chi connectivity index (χ3n) is 5.02. The lowest BCUT2D eigenvalue weighted by atomic mass is 9.87. The van der Waals surface area contributed by atoms with Crippen LogP contribution in [0, 0.1) is 5.92 Å². The molecule has 0 aliphatic rings. The molecule has 3 nitrogen and oxygen atoms in total.